The second-order valence-corrected chi connectivity index (χ2v) is 5.96. The Hall–Kier alpha value is -2.13. The van der Waals surface area contributed by atoms with E-state index < -0.39 is 5.97 Å². The van der Waals surface area contributed by atoms with Crippen LogP contribution in [0.5, 0.6) is 0 Å². The van der Waals surface area contributed by atoms with E-state index in [2.05, 4.69) is 0 Å². The van der Waals surface area contributed by atoms with Crippen molar-refractivity contribution in [1.82, 2.24) is 0 Å². The number of carboxylic acid groups (broad SMARTS) is 1. The molecule has 0 spiro atoms. The fourth-order valence-corrected chi connectivity index (χ4v) is 3.35. The molecule has 4 heteroatoms. The zero-order chi connectivity index (χ0) is 15.7. The predicted molar refractivity (Wildman–Crippen MR) is 84.4 cm³/mol. The average Bonchev–Trinajstić information content (AvgIpc) is 2.79. The lowest BCUT2D eigenvalue weighted by Crippen LogP contribution is -2.16. The number of carbonyl (C=O) groups excluding carboxylic acids is 1. The second-order valence-electron chi connectivity index (χ2n) is 5.52. The first-order chi connectivity index (χ1) is 10.6. The minimum atomic E-state index is -0.876. The molecule has 1 aliphatic rings. The van der Waals surface area contributed by atoms with Crippen LogP contribution < -0.4 is 0 Å². The number of carboxylic acids is 1. The Morgan fingerprint density at radius 2 is 1.77 bits per heavy atom. The summed E-state index contributed by atoms with van der Waals surface area (Å²) < 4.78 is 0. The van der Waals surface area contributed by atoms with Gasteiger partial charge in [0.25, 0.3) is 0 Å². The van der Waals surface area contributed by atoms with E-state index in [-0.39, 0.29) is 24.0 Å². The van der Waals surface area contributed by atoms with Crippen molar-refractivity contribution < 1.29 is 14.7 Å². The molecule has 0 fully saturated rings. The Morgan fingerprint density at radius 3 is 2.45 bits per heavy atom. The highest BCUT2D eigenvalue weighted by Gasteiger charge is 2.40. The first-order valence-corrected chi connectivity index (χ1v) is 7.56. The molecule has 1 N–H and O–H groups in total. The summed E-state index contributed by atoms with van der Waals surface area (Å²) in [5.41, 5.74) is 2.68. The maximum atomic E-state index is 12.6. The van der Waals surface area contributed by atoms with E-state index in [1.54, 1.807) is 12.1 Å². The molecule has 0 bridgehead atoms. The van der Waals surface area contributed by atoms with Gasteiger partial charge >= 0.3 is 5.97 Å². The molecule has 22 heavy (non-hydrogen) atoms. The van der Waals surface area contributed by atoms with Crippen LogP contribution in [0.3, 0.4) is 0 Å². The molecular weight excluding hydrogens is 300 g/mol. The van der Waals surface area contributed by atoms with Crippen molar-refractivity contribution in [3.05, 3.63) is 70.2 Å². The molecule has 0 amide bonds. The highest BCUT2D eigenvalue weighted by atomic mass is 35.5. The molecule has 0 aromatic heterocycles. The van der Waals surface area contributed by atoms with Gasteiger partial charge in [-0.15, -0.1) is 0 Å². The van der Waals surface area contributed by atoms with Gasteiger partial charge in [0.15, 0.2) is 5.78 Å². The van der Waals surface area contributed by atoms with Gasteiger partial charge in [-0.05, 0) is 29.7 Å². The number of hydrogen-bond donors (Lipinski definition) is 1. The SMILES string of the molecule is O=C(O)CCC1C(=O)c2ccccc2C1c1ccc(Cl)cc1. The van der Waals surface area contributed by atoms with E-state index in [0.29, 0.717) is 17.0 Å². The van der Waals surface area contributed by atoms with Crippen molar-refractivity contribution in [2.24, 2.45) is 5.92 Å². The normalized spacial score (nSPS) is 20.0. The topological polar surface area (TPSA) is 54.4 Å². The summed E-state index contributed by atoms with van der Waals surface area (Å²) >= 11 is 5.94. The number of fused-ring (bicyclic) bond motifs is 1. The van der Waals surface area contributed by atoms with Gasteiger partial charge in [-0.25, -0.2) is 0 Å². The van der Waals surface area contributed by atoms with Crippen LogP contribution in [-0.4, -0.2) is 16.9 Å². The van der Waals surface area contributed by atoms with E-state index in [1.807, 2.05) is 36.4 Å². The van der Waals surface area contributed by atoms with Crippen molar-refractivity contribution in [3.8, 4) is 0 Å². The minimum absolute atomic E-state index is 0.00547. The van der Waals surface area contributed by atoms with Gasteiger partial charge in [0.1, 0.15) is 0 Å². The lowest BCUT2D eigenvalue weighted by Gasteiger charge is -2.19. The van der Waals surface area contributed by atoms with Crippen LogP contribution in [0.15, 0.2) is 48.5 Å². The molecule has 0 heterocycles. The van der Waals surface area contributed by atoms with Gasteiger partial charge < -0.3 is 5.11 Å². The summed E-state index contributed by atoms with van der Waals surface area (Å²) in [5.74, 6) is -1.26. The van der Waals surface area contributed by atoms with E-state index in [0.717, 1.165) is 11.1 Å². The van der Waals surface area contributed by atoms with Crippen molar-refractivity contribution in [2.75, 3.05) is 0 Å². The van der Waals surface area contributed by atoms with E-state index in [9.17, 15) is 9.59 Å². The van der Waals surface area contributed by atoms with Crippen LogP contribution in [0.4, 0.5) is 0 Å². The van der Waals surface area contributed by atoms with Crippen LogP contribution in [0.25, 0.3) is 0 Å². The summed E-state index contributed by atoms with van der Waals surface area (Å²) in [4.78, 5) is 23.5. The molecule has 0 saturated carbocycles. The summed E-state index contributed by atoms with van der Waals surface area (Å²) in [6.07, 6.45) is 0.338. The number of Topliss-reactive ketones (excluding diaryl/α,β-unsaturated/α-hetero) is 1. The molecule has 2 atom stereocenters. The lowest BCUT2D eigenvalue weighted by atomic mass is 9.83. The first-order valence-electron chi connectivity index (χ1n) is 7.18. The Labute approximate surface area is 133 Å². The zero-order valence-electron chi connectivity index (χ0n) is 11.8. The lowest BCUT2D eigenvalue weighted by molar-refractivity contribution is -0.137. The Morgan fingerprint density at radius 1 is 1.09 bits per heavy atom. The fourth-order valence-electron chi connectivity index (χ4n) is 3.22. The Balaban J connectivity index is 2.03. The molecule has 0 aliphatic heterocycles. The third-order valence-corrected chi connectivity index (χ3v) is 4.45. The van der Waals surface area contributed by atoms with Crippen molar-refractivity contribution in [1.29, 1.82) is 0 Å². The zero-order valence-corrected chi connectivity index (χ0v) is 12.6. The minimum Gasteiger partial charge on any atom is -0.481 e. The van der Waals surface area contributed by atoms with Gasteiger partial charge in [-0.2, -0.15) is 0 Å². The predicted octanol–water partition coefficient (Wildman–Crippen LogP) is 4.15. The van der Waals surface area contributed by atoms with Crippen molar-refractivity contribution in [3.63, 3.8) is 0 Å². The number of hydrogen-bond acceptors (Lipinski definition) is 2. The Kier molecular flexibility index (Phi) is 3.99. The van der Waals surface area contributed by atoms with Gasteiger partial charge in [0.2, 0.25) is 0 Å². The van der Waals surface area contributed by atoms with Gasteiger partial charge in [0.05, 0.1) is 0 Å². The number of ketones is 1. The van der Waals surface area contributed by atoms with Crippen molar-refractivity contribution in [2.45, 2.75) is 18.8 Å². The molecule has 3 rings (SSSR count). The number of aliphatic carboxylic acids is 1. The van der Waals surface area contributed by atoms with Crippen LogP contribution in [0.2, 0.25) is 5.02 Å². The molecule has 112 valence electrons. The van der Waals surface area contributed by atoms with E-state index in [4.69, 9.17) is 16.7 Å². The van der Waals surface area contributed by atoms with Crippen LogP contribution in [-0.2, 0) is 4.79 Å². The fraction of sp³-hybridized carbons (Fsp3) is 0.222. The third-order valence-electron chi connectivity index (χ3n) is 4.20. The first kappa shape index (κ1) is 14.8. The van der Waals surface area contributed by atoms with Crippen LogP contribution >= 0.6 is 11.6 Å². The largest absolute Gasteiger partial charge is 0.481 e. The maximum absolute atomic E-state index is 12.6. The summed E-state index contributed by atoms with van der Waals surface area (Å²) in [6, 6.07) is 15.0. The molecule has 3 nitrogen and oxygen atoms in total. The molecule has 1 aliphatic carbocycles. The molecule has 2 aromatic rings. The highest BCUT2D eigenvalue weighted by Crippen LogP contribution is 2.44. The van der Waals surface area contributed by atoms with Crippen LogP contribution in [0.1, 0.15) is 40.2 Å². The third kappa shape index (κ3) is 2.64. The molecular formula is C18H15ClO3. The Bertz CT molecular complexity index is 721. The number of carbonyl (C=O) groups is 2. The quantitative estimate of drug-likeness (QED) is 0.922. The average molecular weight is 315 g/mol. The molecule has 2 aromatic carbocycles. The second kappa shape index (κ2) is 5.93. The smallest absolute Gasteiger partial charge is 0.303 e. The van der Waals surface area contributed by atoms with Crippen molar-refractivity contribution >= 4 is 23.4 Å². The van der Waals surface area contributed by atoms with E-state index in [1.165, 1.54) is 0 Å². The highest BCUT2D eigenvalue weighted by molar-refractivity contribution is 6.30. The van der Waals surface area contributed by atoms with E-state index >= 15 is 0 Å². The summed E-state index contributed by atoms with van der Waals surface area (Å²) in [6.45, 7) is 0. The number of benzene rings is 2. The molecule has 0 radical (unpaired) electrons. The monoisotopic (exact) mass is 314 g/mol. The molecule has 0 saturated heterocycles. The number of rotatable bonds is 4. The van der Waals surface area contributed by atoms with Crippen LogP contribution in [0, 0.1) is 5.92 Å². The summed E-state index contributed by atoms with van der Waals surface area (Å²) in [7, 11) is 0. The summed E-state index contributed by atoms with van der Waals surface area (Å²) in [5, 5.41) is 9.58. The standard InChI is InChI=1S/C18H15ClO3/c19-12-7-5-11(6-8-12)17-13-3-1-2-4-14(13)18(22)15(17)9-10-16(20)21/h1-8,15,17H,9-10H2,(H,20,21). The molecule has 2 unspecified atom stereocenters. The maximum Gasteiger partial charge on any atom is 0.303 e. The van der Waals surface area contributed by atoms with Gasteiger partial charge in [-0.1, -0.05) is 48.0 Å². The van der Waals surface area contributed by atoms with Gasteiger partial charge in [0, 0.05) is 28.8 Å². The van der Waals surface area contributed by atoms with Gasteiger partial charge in [-0.3, -0.25) is 9.59 Å². The number of halogens is 1.